The van der Waals surface area contributed by atoms with Gasteiger partial charge in [-0.15, -0.1) is 11.3 Å². The molecule has 0 saturated heterocycles. The first kappa shape index (κ1) is 10.2. The topological polar surface area (TPSA) is 17.8 Å². The molecule has 0 aliphatic carbocycles. The fourth-order valence-corrected chi connectivity index (χ4v) is 2.16. The minimum atomic E-state index is 0.865. The van der Waals surface area contributed by atoms with E-state index in [0.29, 0.717) is 0 Å². The third-order valence-corrected chi connectivity index (χ3v) is 3.22. The molecule has 0 atom stereocenters. The van der Waals surface area contributed by atoms with Crippen LogP contribution in [-0.4, -0.2) is 9.55 Å². The van der Waals surface area contributed by atoms with Gasteiger partial charge in [-0.05, 0) is 17.9 Å². The first-order chi connectivity index (χ1) is 7.31. The standard InChI is InChI=1S/C12H14N2S/c1-3-10(2)9-14-7-6-13-12(14)11-5-4-8-15-11/h4-8H,2-3,9H2,1H3. The van der Waals surface area contributed by atoms with E-state index in [1.54, 1.807) is 11.3 Å². The molecule has 3 heteroatoms. The smallest absolute Gasteiger partial charge is 0.150 e. The lowest BCUT2D eigenvalue weighted by Crippen LogP contribution is -2.00. The predicted octanol–water partition coefficient (Wildman–Crippen LogP) is 3.58. The summed E-state index contributed by atoms with van der Waals surface area (Å²) in [6.45, 7) is 7.02. The Kier molecular flexibility index (Phi) is 3.02. The van der Waals surface area contributed by atoms with Crippen molar-refractivity contribution in [2.75, 3.05) is 0 Å². The van der Waals surface area contributed by atoms with Gasteiger partial charge in [0.1, 0.15) is 5.82 Å². The number of thiophene rings is 1. The second-order valence-corrected chi connectivity index (χ2v) is 4.41. The predicted molar refractivity (Wildman–Crippen MR) is 65.0 cm³/mol. The molecule has 15 heavy (non-hydrogen) atoms. The van der Waals surface area contributed by atoms with Gasteiger partial charge in [-0.1, -0.05) is 25.1 Å². The van der Waals surface area contributed by atoms with Crippen LogP contribution in [0.5, 0.6) is 0 Å². The van der Waals surface area contributed by atoms with Gasteiger partial charge in [-0.2, -0.15) is 0 Å². The number of nitrogens with zero attached hydrogens (tertiary/aromatic N) is 2. The van der Waals surface area contributed by atoms with E-state index in [4.69, 9.17) is 0 Å². The summed E-state index contributed by atoms with van der Waals surface area (Å²) < 4.78 is 2.15. The molecular formula is C12H14N2S. The van der Waals surface area contributed by atoms with Crippen molar-refractivity contribution in [2.45, 2.75) is 19.9 Å². The van der Waals surface area contributed by atoms with Crippen LogP contribution in [0.25, 0.3) is 10.7 Å². The van der Waals surface area contributed by atoms with Gasteiger partial charge < -0.3 is 4.57 Å². The monoisotopic (exact) mass is 218 g/mol. The van der Waals surface area contributed by atoms with E-state index in [2.05, 4.69) is 34.5 Å². The molecule has 0 bridgehead atoms. The molecule has 0 aromatic carbocycles. The molecule has 2 aromatic heterocycles. The van der Waals surface area contributed by atoms with Crippen LogP contribution in [0, 0.1) is 0 Å². The van der Waals surface area contributed by atoms with E-state index >= 15 is 0 Å². The summed E-state index contributed by atoms with van der Waals surface area (Å²) in [5.41, 5.74) is 1.23. The fourth-order valence-electron chi connectivity index (χ4n) is 1.42. The molecule has 78 valence electrons. The molecule has 0 unspecified atom stereocenters. The zero-order chi connectivity index (χ0) is 10.7. The van der Waals surface area contributed by atoms with Crippen molar-refractivity contribution >= 4 is 11.3 Å². The molecule has 2 rings (SSSR count). The van der Waals surface area contributed by atoms with Crippen molar-refractivity contribution < 1.29 is 0 Å². The Morgan fingerprint density at radius 3 is 3.13 bits per heavy atom. The molecule has 0 amide bonds. The molecule has 0 aliphatic rings. The van der Waals surface area contributed by atoms with Crippen LogP contribution in [0.15, 0.2) is 42.1 Å². The van der Waals surface area contributed by atoms with E-state index in [0.717, 1.165) is 18.8 Å². The number of aromatic nitrogens is 2. The van der Waals surface area contributed by atoms with Gasteiger partial charge in [0.2, 0.25) is 0 Å². The Morgan fingerprint density at radius 2 is 2.47 bits per heavy atom. The Morgan fingerprint density at radius 1 is 1.60 bits per heavy atom. The highest BCUT2D eigenvalue weighted by Crippen LogP contribution is 2.23. The lowest BCUT2D eigenvalue weighted by molar-refractivity contribution is 0.768. The van der Waals surface area contributed by atoms with Crippen LogP contribution in [0.1, 0.15) is 13.3 Å². The summed E-state index contributed by atoms with van der Waals surface area (Å²) in [7, 11) is 0. The quantitative estimate of drug-likeness (QED) is 0.717. The van der Waals surface area contributed by atoms with Crippen LogP contribution >= 0.6 is 11.3 Å². The second kappa shape index (κ2) is 4.45. The molecule has 0 saturated carbocycles. The van der Waals surface area contributed by atoms with Gasteiger partial charge in [0.05, 0.1) is 4.88 Å². The van der Waals surface area contributed by atoms with Gasteiger partial charge in [0.15, 0.2) is 0 Å². The number of imidazole rings is 1. The molecule has 0 fully saturated rings. The van der Waals surface area contributed by atoms with E-state index < -0.39 is 0 Å². The van der Waals surface area contributed by atoms with Crippen molar-refractivity contribution in [2.24, 2.45) is 0 Å². The van der Waals surface area contributed by atoms with E-state index in [-0.39, 0.29) is 0 Å². The van der Waals surface area contributed by atoms with Gasteiger partial charge in [-0.3, -0.25) is 0 Å². The van der Waals surface area contributed by atoms with Gasteiger partial charge >= 0.3 is 0 Å². The van der Waals surface area contributed by atoms with Gasteiger partial charge in [0.25, 0.3) is 0 Å². The summed E-state index contributed by atoms with van der Waals surface area (Å²) >= 11 is 1.72. The van der Waals surface area contributed by atoms with Crippen molar-refractivity contribution in [3.05, 3.63) is 42.1 Å². The number of hydrogen-bond acceptors (Lipinski definition) is 2. The van der Waals surface area contributed by atoms with Crippen molar-refractivity contribution in [3.63, 3.8) is 0 Å². The largest absolute Gasteiger partial charge is 0.326 e. The maximum Gasteiger partial charge on any atom is 0.150 e. The first-order valence-corrected chi connectivity index (χ1v) is 5.91. The maximum atomic E-state index is 4.38. The van der Waals surface area contributed by atoms with Crippen LogP contribution < -0.4 is 0 Å². The van der Waals surface area contributed by atoms with E-state index in [1.165, 1.54) is 10.5 Å². The van der Waals surface area contributed by atoms with Crippen LogP contribution in [0.2, 0.25) is 0 Å². The average molecular weight is 218 g/mol. The lowest BCUT2D eigenvalue weighted by Gasteiger charge is -2.07. The SMILES string of the molecule is C=C(CC)Cn1ccnc1-c1cccs1. The minimum absolute atomic E-state index is 0.865. The third kappa shape index (κ3) is 2.18. The Balaban J connectivity index is 2.27. The Hall–Kier alpha value is -1.35. The van der Waals surface area contributed by atoms with Gasteiger partial charge in [-0.25, -0.2) is 4.98 Å². The highest BCUT2D eigenvalue weighted by Gasteiger charge is 2.06. The third-order valence-electron chi connectivity index (χ3n) is 2.35. The molecule has 0 aliphatic heterocycles. The van der Waals surface area contributed by atoms with Gasteiger partial charge in [0, 0.05) is 18.9 Å². The fraction of sp³-hybridized carbons (Fsp3) is 0.250. The number of rotatable bonds is 4. The highest BCUT2D eigenvalue weighted by atomic mass is 32.1. The minimum Gasteiger partial charge on any atom is -0.326 e. The van der Waals surface area contributed by atoms with Crippen LogP contribution in [0.3, 0.4) is 0 Å². The second-order valence-electron chi connectivity index (χ2n) is 3.46. The summed E-state index contributed by atoms with van der Waals surface area (Å²) in [6.07, 6.45) is 4.87. The zero-order valence-corrected chi connectivity index (χ0v) is 9.63. The van der Waals surface area contributed by atoms with Crippen molar-refractivity contribution in [3.8, 4) is 10.7 Å². The summed E-state index contributed by atoms with van der Waals surface area (Å²) in [5, 5.41) is 2.07. The normalized spacial score (nSPS) is 10.5. The molecular weight excluding hydrogens is 204 g/mol. The van der Waals surface area contributed by atoms with E-state index in [9.17, 15) is 0 Å². The van der Waals surface area contributed by atoms with E-state index in [1.807, 2.05) is 18.5 Å². The maximum absolute atomic E-state index is 4.38. The molecule has 0 N–H and O–H groups in total. The summed E-state index contributed by atoms with van der Waals surface area (Å²) in [5.74, 6) is 1.04. The average Bonchev–Trinajstić information content (AvgIpc) is 2.86. The van der Waals surface area contributed by atoms with Crippen LogP contribution in [0.4, 0.5) is 0 Å². The molecule has 2 heterocycles. The van der Waals surface area contributed by atoms with Crippen LogP contribution in [-0.2, 0) is 6.54 Å². The number of allylic oxidation sites excluding steroid dienone is 1. The molecule has 2 nitrogen and oxygen atoms in total. The van der Waals surface area contributed by atoms with Crippen molar-refractivity contribution in [1.29, 1.82) is 0 Å². The Bertz CT molecular complexity index is 440. The first-order valence-electron chi connectivity index (χ1n) is 5.03. The zero-order valence-electron chi connectivity index (χ0n) is 8.81. The highest BCUT2D eigenvalue weighted by molar-refractivity contribution is 7.13. The summed E-state index contributed by atoms with van der Waals surface area (Å²) in [6, 6.07) is 4.14. The van der Waals surface area contributed by atoms with Crippen molar-refractivity contribution in [1.82, 2.24) is 9.55 Å². The molecule has 0 radical (unpaired) electrons. The number of hydrogen-bond donors (Lipinski definition) is 0. The summed E-state index contributed by atoms with van der Waals surface area (Å²) in [4.78, 5) is 5.59. The Labute approximate surface area is 93.9 Å². The molecule has 0 spiro atoms. The lowest BCUT2D eigenvalue weighted by atomic mass is 10.2. The molecule has 2 aromatic rings.